The number of ether oxygens (including phenoxy) is 2. The Balaban J connectivity index is 1.68. The van der Waals surface area contributed by atoms with Crippen molar-refractivity contribution in [1.82, 2.24) is 0 Å². The fourth-order valence-corrected chi connectivity index (χ4v) is 3.84. The van der Waals surface area contributed by atoms with Crippen molar-refractivity contribution in [3.63, 3.8) is 0 Å². The second-order valence-corrected chi connectivity index (χ2v) is 7.36. The number of hydrogen-bond donors (Lipinski definition) is 3. The van der Waals surface area contributed by atoms with Crippen LogP contribution in [0.2, 0.25) is 0 Å². The summed E-state index contributed by atoms with van der Waals surface area (Å²) in [5, 5.41) is 30.8. The maximum Gasteiger partial charge on any atom is 0.225 e. The van der Waals surface area contributed by atoms with E-state index in [0.29, 0.717) is 6.61 Å². The number of hydrogen-bond acceptors (Lipinski definition) is 5. The highest BCUT2D eigenvalue weighted by Crippen LogP contribution is 2.46. The van der Waals surface area contributed by atoms with E-state index in [4.69, 9.17) is 9.47 Å². The zero-order chi connectivity index (χ0) is 18.5. The van der Waals surface area contributed by atoms with Crippen molar-refractivity contribution in [1.29, 1.82) is 0 Å². The molecule has 5 heteroatoms. The molecule has 1 fully saturated rings. The highest BCUT2D eigenvalue weighted by Gasteiger charge is 2.57. The molecule has 138 valence electrons. The fourth-order valence-electron chi connectivity index (χ4n) is 3.84. The molecule has 5 unspecified atom stereocenters. The van der Waals surface area contributed by atoms with Gasteiger partial charge in [0.25, 0.3) is 0 Å². The molecule has 5 nitrogen and oxygen atoms in total. The Bertz CT molecular complexity index is 803. The van der Waals surface area contributed by atoms with Gasteiger partial charge in [0.2, 0.25) is 5.79 Å². The van der Waals surface area contributed by atoms with Gasteiger partial charge in [0.05, 0.1) is 12.7 Å². The van der Waals surface area contributed by atoms with Crippen LogP contribution >= 0.6 is 0 Å². The van der Waals surface area contributed by atoms with Crippen molar-refractivity contribution in [3.8, 4) is 0 Å². The minimum Gasteiger partial charge on any atom is -0.388 e. The summed E-state index contributed by atoms with van der Waals surface area (Å²) in [5.41, 5.74) is 5.13. The Morgan fingerprint density at radius 2 is 1.69 bits per heavy atom. The maximum atomic E-state index is 10.6. The molecule has 1 saturated heterocycles. The lowest BCUT2D eigenvalue weighted by molar-refractivity contribution is -0.362. The van der Waals surface area contributed by atoms with E-state index in [-0.39, 0.29) is 0 Å². The van der Waals surface area contributed by atoms with Gasteiger partial charge in [-0.25, -0.2) is 0 Å². The molecule has 1 spiro atoms. The summed E-state index contributed by atoms with van der Waals surface area (Å²) in [5.74, 6) is -1.43. The molecule has 2 heterocycles. The van der Waals surface area contributed by atoms with Gasteiger partial charge in [-0.1, -0.05) is 42.0 Å². The van der Waals surface area contributed by atoms with Crippen molar-refractivity contribution in [2.24, 2.45) is 0 Å². The Morgan fingerprint density at radius 1 is 1.00 bits per heavy atom. The molecule has 2 aliphatic rings. The summed E-state index contributed by atoms with van der Waals surface area (Å²) in [6.07, 6.45) is -3.74. The normalized spacial score (nSPS) is 33.4. The smallest absolute Gasteiger partial charge is 0.225 e. The third kappa shape index (κ3) is 2.76. The predicted octanol–water partition coefficient (Wildman–Crippen LogP) is 1.77. The van der Waals surface area contributed by atoms with E-state index in [1.807, 2.05) is 18.2 Å². The summed E-state index contributed by atoms with van der Waals surface area (Å²) in [6, 6.07) is 14.4. The van der Waals surface area contributed by atoms with Crippen LogP contribution in [0, 0.1) is 6.92 Å². The number of fused-ring (bicyclic) bond motifs is 2. The number of aryl methyl sites for hydroxylation is 1. The van der Waals surface area contributed by atoms with Crippen LogP contribution in [-0.4, -0.2) is 39.7 Å². The summed E-state index contributed by atoms with van der Waals surface area (Å²) >= 11 is 0. The van der Waals surface area contributed by atoms with Gasteiger partial charge in [-0.15, -0.1) is 0 Å². The second-order valence-electron chi connectivity index (χ2n) is 7.36. The highest BCUT2D eigenvalue weighted by atomic mass is 16.7. The fraction of sp³-hybridized carbons (Fsp3) is 0.429. The average molecular weight is 356 g/mol. The standard InChI is InChI=1S/C21H24O5/c1-12-3-5-14(6-4-12)9-15-7-8-16-11-25-21(17(16)10-15)20(24)19(23)18(22)13(2)26-21/h3-8,10,13,18-20,22-24H,9,11H2,1-2H3. The molecule has 4 rings (SSSR count). The molecule has 0 saturated carbocycles. The van der Waals surface area contributed by atoms with Gasteiger partial charge >= 0.3 is 0 Å². The minimum atomic E-state index is -1.43. The maximum absolute atomic E-state index is 10.6. The van der Waals surface area contributed by atoms with E-state index in [1.165, 1.54) is 11.1 Å². The van der Waals surface area contributed by atoms with E-state index in [1.54, 1.807) is 6.92 Å². The van der Waals surface area contributed by atoms with Gasteiger partial charge in [0.15, 0.2) is 0 Å². The molecular formula is C21H24O5. The van der Waals surface area contributed by atoms with Crippen LogP contribution in [-0.2, 0) is 28.3 Å². The van der Waals surface area contributed by atoms with Crippen molar-refractivity contribution >= 4 is 0 Å². The Kier molecular flexibility index (Phi) is 4.37. The first-order chi connectivity index (χ1) is 12.4. The van der Waals surface area contributed by atoms with E-state index in [9.17, 15) is 15.3 Å². The highest BCUT2D eigenvalue weighted by molar-refractivity contribution is 5.41. The van der Waals surface area contributed by atoms with Crippen molar-refractivity contribution in [3.05, 3.63) is 70.3 Å². The molecule has 0 amide bonds. The lowest BCUT2D eigenvalue weighted by Crippen LogP contribution is -2.62. The molecule has 0 aliphatic carbocycles. The van der Waals surface area contributed by atoms with Gasteiger partial charge in [-0.2, -0.15) is 0 Å². The molecular weight excluding hydrogens is 332 g/mol. The monoisotopic (exact) mass is 356 g/mol. The van der Waals surface area contributed by atoms with Crippen LogP contribution in [0.1, 0.15) is 34.7 Å². The van der Waals surface area contributed by atoms with Gasteiger partial charge in [-0.05, 0) is 43.0 Å². The molecule has 26 heavy (non-hydrogen) atoms. The first kappa shape index (κ1) is 17.6. The molecule has 0 bridgehead atoms. The van der Waals surface area contributed by atoms with Gasteiger partial charge in [0.1, 0.15) is 18.3 Å². The molecule has 0 radical (unpaired) electrons. The molecule has 3 N–H and O–H groups in total. The lowest BCUT2D eigenvalue weighted by Gasteiger charge is -2.45. The van der Waals surface area contributed by atoms with Crippen molar-refractivity contribution < 1.29 is 24.8 Å². The summed E-state index contributed by atoms with van der Waals surface area (Å²) < 4.78 is 11.7. The predicted molar refractivity (Wildman–Crippen MR) is 95.5 cm³/mol. The Labute approximate surface area is 152 Å². The number of rotatable bonds is 2. The SMILES string of the molecule is Cc1ccc(Cc2ccc3c(c2)C2(OC3)OC(C)C(O)C(O)C2O)cc1. The Hall–Kier alpha value is -1.76. The van der Waals surface area contributed by atoms with E-state index in [0.717, 1.165) is 23.1 Å². The zero-order valence-electron chi connectivity index (χ0n) is 14.9. The van der Waals surface area contributed by atoms with Crippen LogP contribution in [0.5, 0.6) is 0 Å². The zero-order valence-corrected chi connectivity index (χ0v) is 14.9. The van der Waals surface area contributed by atoms with Gasteiger partial charge < -0.3 is 24.8 Å². The second kappa shape index (κ2) is 6.44. The van der Waals surface area contributed by atoms with E-state index >= 15 is 0 Å². The lowest BCUT2D eigenvalue weighted by atomic mass is 9.86. The number of aliphatic hydroxyl groups is 3. The molecule has 2 aliphatic heterocycles. The molecule has 5 atom stereocenters. The van der Waals surface area contributed by atoms with Crippen LogP contribution in [0.3, 0.4) is 0 Å². The van der Waals surface area contributed by atoms with Crippen molar-refractivity contribution in [2.45, 2.75) is 57.1 Å². The number of benzene rings is 2. The number of aliphatic hydroxyl groups excluding tert-OH is 3. The molecule has 2 aromatic rings. The topological polar surface area (TPSA) is 79.2 Å². The quantitative estimate of drug-likeness (QED) is 0.764. The first-order valence-corrected chi connectivity index (χ1v) is 8.94. The molecule has 0 aromatic heterocycles. The summed E-state index contributed by atoms with van der Waals surface area (Å²) in [6.45, 7) is 4.02. The minimum absolute atomic E-state index is 0.298. The average Bonchev–Trinajstić information content (AvgIpc) is 2.99. The van der Waals surface area contributed by atoms with Gasteiger partial charge in [-0.3, -0.25) is 0 Å². The van der Waals surface area contributed by atoms with Gasteiger partial charge in [0, 0.05) is 5.56 Å². The summed E-state index contributed by atoms with van der Waals surface area (Å²) in [4.78, 5) is 0. The van der Waals surface area contributed by atoms with E-state index in [2.05, 4.69) is 31.2 Å². The van der Waals surface area contributed by atoms with Crippen LogP contribution in [0.4, 0.5) is 0 Å². The van der Waals surface area contributed by atoms with Crippen LogP contribution in [0.15, 0.2) is 42.5 Å². The third-order valence-corrected chi connectivity index (χ3v) is 5.43. The van der Waals surface area contributed by atoms with E-state index < -0.39 is 30.2 Å². The van der Waals surface area contributed by atoms with Crippen LogP contribution in [0.25, 0.3) is 0 Å². The largest absolute Gasteiger partial charge is 0.388 e. The third-order valence-electron chi connectivity index (χ3n) is 5.43. The Morgan fingerprint density at radius 3 is 2.42 bits per heavy atom. The van der Waals surface area contributed by atoms with Crippen LogP contribution < -0.4 is 0 Å². The molecule has 2 aromatic carbocycles. The van der Waals surface area contributed by atoms with Crippen molar-refractivity contribution in [2.75, 3.05) is 0 Å². The first-order valence-electron chi connectivity index (χ1n) is 8.94. The summed E-state index contributed by atoms with van der Waals surface area (Å²) in [7, 11) is 0.